The summed E-state index contributed by atoms with van der Waals surface area (Å²) >= 11 is 0. The van der Waals surface area contributed by atoms with Gasteiger partial charge in [-0.05, 0) is 31.9 Å². The molecule has 0 aliphatic carbocycles. The van der Waals surface area contributed by atoms with Crippen LogP contribution in [0.15, 0.2) is 54.6 Å². The first-order valence-electron chi connectivity index (χ1n) is 8.86. The Labute approximate surface area is 162 Å². The molecule has 0 spiro atoms. The second-order valence-corrected chi connectivity index (χ2v) is 6.36. The van der Waals surface area contributed by atoms with Gasteiger partial charge >= 0.3 is 0 Å². The summed E-state index contributed by atoms with van der Waals surface area (Å²) < 4.78 is 5.82. The number of hydrogen-bond acceptors (Lipinski definition) is 3. The first-order valence-corrected chi connectivity index (χ1v) is 8.86. The molecule has 2 aromatic carbocycles. The Kier molecular flexibility index (Phi) is 9.78. The van der Waals surface area contributed by atoms with E-state index in [1.165, 1.54) is 5.56 Å². The van der Waals surface area contributed by atoms with Gasteiger partial charge in [-0.25, -0.2) is 0 Å². The maximum Gasteiger partial charge on any atom is 0.227 e. The third-order valence-electron chi connectivity index (χ3n) is 3.94. The zero-order chi connectivity index (χ0) is 18.1. The van der Waals surface area contributed by atoms with Gasteiger partial charge in [-0.15, -0.1) is 12.4 Å². The molecule has 2 N–H and O–H groups in total. The van der Waals surface area contributed by atoms with Gasteiger partial charge in [-0.3, -0.25) is 4.79 Å². The quantitative estimate of drug-likeness (QED) is 0.729. The Bertz CT molecular complexity index is 662. The van der Waals surface area contributed by atoms with Crippen LogP contribution in [0.25, 0.3) is 0 Å². The summed E-state index contributed by atoms with van der Waals surface area (Å²) in [5.74, 6) is 0.864. The summed E-state index contributed by atoms with van der Waals surface area (Å²) in [5.41, 5.74) is 7.85. The maximum absolute atomic E-state index is 12.8. The van der Waals surface area contributed by atoms with Gasteiger partial charge in [0.1, 0.15) is 5.75 Å². The molecule has 5 heteroatoms. The number of hydrogen-bond donors (Lipinski definition) is 1. The average Bonchev–Trinajstić information content (AvgIpc) is 2.60. The Morgan fingerprint density at radius 3 is 2.35 bits per heavy atom. The number of ether oxygens (including phenoxy) is 1. The van der Waals surface area contributed by atoms with E-state index in [1.807, 2.05) is 61.2 Å². The van der Waals surface area contributed by atoms with Crippen LogP contribution in [0, 0.1) is 0 Å². The predicted molar refractivity (Wildman–Crippen MR) is 109 cm³/mol. The Balaban J connectivity index is 0.00000338. The van der Waals surface area contributed by atoms with E-state index in [-0.39, 0.29) is 24.4 Å². The number of para-hydroxylation sites is 1. The molecule has 2 aromatic rings. The molecule has 0 aromatic heterocycles. The number of nitrogens with zero attached hydrogens (tertiary/aromatic N) is 1. The van der Waals surface area contributed by atoms with Crippen LogP contribution >= 0.6 is 12.4 Å². The summed E-state index contributed by atoms with van der Waals surface area (Å²) in [6, 6.07) is 17.9. The van der Waals surface area contributed by atoms with Crippen LogP contribution in [0.3, 0.4) is 0 Å². The Morgan fingerprint density at radius 1 is 1.04 bits per heavy atom. The van der Waals surface area contributed by atoms with Gasteiger partial charge in [0.05, 0.1) is 12.5 Å². The molecule has 0 radical (unpaired) electrons. The van der Waals surface area contributed by atoms with Gasteiger partial charge in [0.2, 0.25) is 5.91 Å². The molecule has 0 saturated heterocycles. The highest BCUT2D eigenvalue weighted by atomic mass is 35.5. The van der Waals surface area contributed by atoms with Crippen LogP contribution in [-0.4, -0.2) is 36.5 Å². The van der Waals surface area contributed by atoms with Crippen molar-refractivity contribution in [3.63, 3.8) is 0 Å². The SMILES string of the molecule is CC(C)Oc1ccccc1CC(=O)N(CCN)CCc1ccccc1.Cl. The molecule has 0 aliphatic rings. The monoisotopic (exact) mass is 376 g/mol. The highest BCUT2D eigenvalue weighted by molar-refractivity contribution is 5.85. The van der Waals surface area contributed by atoms with E-state index in [9.17, 15) is 4.79 Å². The van der Waals surface area contributed by atoms with Crippen molar-refractivity contribution >= 4 is 18.3 Å². The molecule has 4 nitrogen and oxygen atoms in total. The predicted octanol–water partition coefficient (Wildman–Crippen LogP) is 3.47. The van der Waals surface area contributed by atoms with Gasteiger partial charge < -0.3 is 15.4 Å². The van der Waals surface area contributed by atoms with Crippen molar-refractivity contribution in [3.05, 3.63) is 65.7 Å². The van der Waals surface area contributed by atoms with Crippen molar-refractivity contribution in [1.29, 1.82) is 0 Å². The van der Waals surface area contributed by atoms with Crippen LogP contribution in [0.2, 0.25) is 0 Å². The van der Waals surface area contributed by atoms with Crippen LogP contribution in [-0.2, 0) is 17.6 Å². The van der Waals surface area contributed by atoms with Crippen molar-refractivity contribution in [2.24, 2.45) is 5.73 Å². The van der Waals surface area contributed by atoms with E-state index in [0.717, 1.165) is 17.7 Å². The van der Waals surface area contributed by atoms with Crippen LogP contribution in [0.5, 0.6) is 5.75 Å². The molecule has 26 heavy (non-hydrogen) atoms. The lowest BCUT2D eigenvalue weighted by Gasteiger charge is -2.23. The number of carbonyl (C=O) groups is 1. The molecule has 1 amide bonds. The maximum atomic E-state index is 12.8. The fourth-order valence-electron chi connectivity index (χ4n) is 2.72. The normalized spacial score (nSPS) is 10.3. The molecule has 2 rings (SSSR count). The number of halogens is 1. The Morgan fingerprint density at radius 2 is 1.69 bits per heavy atom. The van der Waals surface area contributed by atoms with E-state index in [0.29, 0.717) is 26.1 Å². The van der Waals surface area contributed by atoms with E-state index in [2.05, 4.69) is 12.1 Å². The molecule has 0 unspecified atom stereocenters. The largest absolute Gasteiger partial charge is 0.491 e. The van der Waals surface area contributed by atoms with Gasteiger partial charge in [0, 0.05) is 25.2 Å². The fraction of sp³-hybridized carbons (Fsp3) is 0.381. The van der Waals surface area contributed by atoms with Crippen molar-refractivity contribution in [2.75, 3.05) is 19.6 Å². The van der Waals surface area contributed by atoms with Gasteiger partial charge in [-0.1, -0.05) is 48.5 Å². The molecule has 0 atom stereocenters. The molecular formula is C21H29ClN2O2. The van der Waals surface area contributed by atoms with Crippen LogP contribution in [0.4, 0.5) is 0 Å². The van der Waals surface area contributed by atoms with E-state index >= 15 is 0 Å². The zero-order valence-electron chi connectivity index (χ0n) is 15.6. The molecule has 0 bridgehead atoms. The number of nitrogens with two attached hydrogens (primary N) is 1. The number of rotatable bonds is 9. The van der Waals surface area contributed by atoms with Crippen LogP contribution in [0.1, 0.15) is 25.0 Å². The minimum absolute atomic E-state index is 0. The highest BCUT2D eigenvalue weighted by Gasteiger charge is 2.16. The van der Waals surface area contributed by atoms with Gasteiger partial charge in [0.15, 0.2) is 0 Å². The van der Waals surface area contributed by atoms with Crippen molar-refractivity contribution in [3.8, 4) is 5.75 Å². The summed E-state index contributed by atoms with van der Waals surface area (Å²) in [7, 11) is 0. The third kappa shape index (κ3) is 7.06. The second kappa shape index (κ2) is 11.6. The molecule has 0 heterocycles. The van der Waals surface area contributed by atoms with E-state index in [4.69, 9.17) is 10.5 Å². The molecular weight excluding hydrogens is 348 g/mol. The van der Waals surface area contributed by atoms with E-state index in [1.54, 1.807) is 0 Å². The van der Waals surface area contributed by atoms with Gasteiger partial charge in [0.25, 0.3) is 0 Å². The minimum atomic E-state index is 0. The topological polar surface area (TPSA) is 55.6 Å². The smallest absolute Gasteiger partial charge is 0.227 e. The standard InChI is InChI=1S/C21H28N2O2.ClH/c1-17(2)25-20-11-7-6-10-19(20)16-21(24)23(15-13-22)14-12-18-8-4-3-5-9-18;/h3-11,17H,12-16,22H2,1-2H3;1H. The third-order valence-corrected chi connectivity index (χ3v) is 3.94. The first-order chi connectivity index (χ1) is 12.1. The summed E-state index contributed by atoms with van der Waals surface area (Å²) in [5, 5.41) is 0. The number of carbonyl (C=O) groups excluding carboxylic acids is 1. The molecule has 0 fully saturated rings. The van der Waals surface area contributed by atoms with Crippen molar-refractivity contribution < 1.29 is 9.53 Å². The number of benzene rings is 2. The lowest BCUT2D eigenvalue weighted by molar-refractivity contribution is -0.130. The summed E-state index contributed by atoms with van der Waals surface area (Å²) in [6.45, 7) is 5.68. The molecule has 142 valence electrons. The second-order valence-electron chi connectivity index (χ2n) is 6.36. The molecule has 0 aliphatic heterocycles. The van der Waals surface area contributed by atoms with E-state index < -0.39 is 0 Å². The zero-order valence-corrected chi connectivity index (χ0v) is 16.4. The molecule has 0 saturated carbocycles. The fourth-order valence-corrected chi connectivity index (χ4v) is 2.72. The summed E-state index contributed by atoms with van der Waals surface area (Å²) in [4.78, 5) is 14.6. The minimum Gasteiger partial charge on any atom is -0.491 e. The number of amides is 1. The lowest BCUT2D eigenvalue weighted by atomic mass is 10.1. The van der Waals surface area contributed by atoms with Crippen LogP contribution < -0.4 is 10.5 Å². The first kappa shape index (κ1) is 22.0. The highest BCUT2D eigenvalue weighted by Crippen LogP contribution is 2.20. The van der Waals surface area contributed by atoms with Crippen molar-refractivity contribution in [1.82, 2.24) is 4.90 Å². The summed E-state index contributed by atoms with van der Waals surface area (Å²) in [6.07, 6.45) is 1.24. The Hall–Kier alpha value is -2.04. The lowest BCUT2D eigenvalue weighted by Crippen LogP contribution is -2.38. The van der Waals surface area contributed by atoms with Crippen molar-refractivity contribution in [2.45, 2.75) is 32.8 Å². The average molecular weight is 377 g/mol. The van der Waals surface area contributed by atoms with Gasteiger partial charge in [-0.2, -0.15) is 0 Å².